The molecule has 0 bridgehead atoms. The fraction of sp³-hybridized carbons (Fsp3) is 0.500. The summed E-state index contributed by atoms with van der Waals surface area (Å²) in [5.74, 6) is 0.152. The number of halogens is 2. The molecule has 5 heteroatoms. The molecule has 1 aromatic carbocycles. The van der Waals surface area contributed by atoms with Crippen molar-refractivity contribution in [2.24, 2.45) is 0 Å². The molecule has 1 aliphatic rings. The van der Waals surface area contributed by atoms with Crippen LogP contribution in [0, 0.1) is 0 Å². The van der Waals surface area contributed by atoms with Crippen LogP contribution in [0.15, 0.2) is 18.2 Å². The quantitative estimate of drug-likeness (QED) is 0.897. The Morgan fingerprint density at radius 1 is 1.47 bits per heavy atom. The Morgan fingerprint density at radius 2 is 2.16 bits per heavy atom. The zero-order valence-corrected chi connectivity index (χ0v) is 12.4. The van der Waals surface area contributed by atoms with Crippen LogP contribution in [0.4, 0.5) is 0 Å². The monoisotopic (exact) mass is 300 g/mol. The SMILES string of the molecule is CC(CNC(=O)C1CCCN1)c1c(Cl)cccc1Cl. The highest BCUT2D eigenvalue weighted by Crippen LogP contribution is 2.30. The van der Waals surface area contributed by atoms with Crippen LogP contribution >= 0.6 is 23.2 Å². The molecule has 0 radical (unpaired) electrons. The maximum Gasteiger partial charge on any atom is 0.237 e. The zero-order valence-electron chi connectivity index (χ0n) is 10.9. The molecule has 1 amide bonds. The average molecular weight is 301 g/mol. The number of carbonyl (C=O) groups is 1. The summed E-state index contributed by atoms with van der Waals surface area (Å²) < 4.78 is 0. The lowest BCUT2D eigenvalue weighted by Crippen LogP contribution is -2.41. The minimum Gasteiger partial charge on any atom is -0.354 e. The molecule has 104 valence electrons. The van der Waals surface area contributed by atoms with Gasteiger partial charge in [0.1, 0.15) is 0 Å². The smallest absolute Gasteiger partial charge is 0.237 e. The van der Waals surface area contributed by atoms with Gasteiger partial charge in [0.05, 0.1) is 6.04 Å². The summed E-state index contributed by atoms with van der Waals surface area (Å²) in [6, 6.07) is 5.41. The second kappa shape index (κ2) is 6.60. The van der Waals surface area contributed by atoms with E-state index in [1.807, 2.05) is 25.1 Å². The lowest BCUT2D eigenvalue weighted by molar-refractivity contribution is -0.122. The van der Waals surface area contributed by atoms with Gasteiger partial charge in [-0.3, -0.25) is 4.79 Å². The predicted molar refractivity (Wildman–Crippen MR) is 78.9 cm³/mol. The Balaban J connectivity index is 1.93. The number of hydrogen-bond acceptors (Lipinski definition) is 2. The van der Waals surface area contributed by atoms with Gasteiger partial charge in [0.15, 0.2) is 0 Å². The van der Waals surface area contributed by atoms with Crippen LogP contribution in [0.2, 0.25) is 10.0 Å². The first-order valence-corrected chi connectivity index (χ1v) is 7.30. The molecule has 3 nitrogen and oxygen atoms in total. The minimum atomic E-state index is -0.0473. The van der Waals surface area contributed by atoms with Crippen molar-refractivity contribution in [3.63, 3.8) is 0 Å². The Hall–Kier alpha value is -0.770. The van der Waals surface area contributed by atoms with Crippen LogP contribution in [0.25, 0.3) is 0 Å². The largest absolute Gasteiger partial charge is 0.354 e. The van der Waals surface area contributed by atoms with Crippen molar-refractivity contribution in [2.75, 3.05) is 13.1 Å². The van der Waals surface area contributed by atoms with E-state index < -0.39 is 0 Å². The molecule has 1 saturated heterocycles. The first-order chi connectivity index (χ1) is 9.09. The van der Waals surface area contributed by atoms with Gasteiger partial charge in [-0.15, -0.1) is 0 Å². The molecule has 2 rings (SSSR count). The Morgan fingerprint density at radius 3 is 2.74 bits per heavy atom. The summed E-state index contributed by atoms with van der Waals surface area (Å²) in [5.41, 5.74) is 0.894. The van der Waals surface area contributed by atoms with Crippen molar-refractivity contribution >= 4 is 29.1 Å². The molecule has 19 heavy (non-hydrogen) atoms. The Bertz CT molecular complexity index is 439. The average Bonchev–Trinajstić information content (AvgIpc) is 2.89. The highest BCUT2D eigenvalue weighted by molar-refractivity contribution is 6.36. The van der Waals surface area contributed by atoms with Crippen molar-refractivity contribution in [1.82, 2.24) is 10.6 Å². The van der Waals surface area contributed by atoms with E-state index >= 15 is 0 Å². The number of nitrogens with one attached hydrogen (secondary N) is 2. The Labute approximate surface area is 123 Å². The maximum absolute atomic E-state index is 11.9. The van der Waals surface area contributed by atoms with Gasteiger partial charge >= 0.3 is 0 Å². The van der Waals surface area contributed by atoms with Crippen LogP contribution in [-0.2, 0) is 4.79 Å². The summed E-state index contributed by atoms with van der Waals surface area (Å²) in [6.07, 6.45) is 1.97. The topological polar surface area (TPSA) is 41.1 Å². The van der Waals surface area contributed by atoms with Gasteiger partial charge in [0.2, 0.25) is 5.91 Å². The summed E-state index contributed by atoms with van der Waals surface area (Å²) >= 11 is 12.3. The molecule has 1 fully saturated rings. The fourth-order valence-corrected chi connectivity index (χ4v) is 3.14. The number of amides is 1. The van der Waals surface area contributed by atoms with Gasteiger partial charge in [0, 0.05) is 22.5 Å². The molecule has 0 aliphatic carbocycles. The molecule has 1 aliphatic heterocycles. The van der Waals surface area contributed by atoms with Gasteiger partial charge < -0.3 is 10.6 Å². The summed E-state index contributed by atoms with van der Waals surface area (Å²) in [5, 5.41) is 7.43. The summed E-state index contributed by atoms with van der Waals surface area (Å²) in [4.78, 5) is 11.9. The molecular weight excluding hydrogens is 283 g/mol. The van der Waals surface area contributed by atoms with Crippen molar-refractivity contribution < 1.29 is 4.79 Å². The van der Waals surface area contributed by atoms with Crippen molar-refractivity contribution in [2.45, 2.75) is 31.7 Å². The van der Waals surface area contributed by atoms with Crippen LogP contribution in [-0.4, -0.2) is 25.0 Å². The van der Waals surface area contributed by atoms with Crippen LogP contribution in [0.3, 0.4) is 0 Å². The van der Waals surface area contributed by atoms with E-state index in [1.165, 1.54) is 0 Å². The highest BCUT2D eigenvalue weighted by Gasteiger charge is 2.22. The third-order valence-corrected chi connectivity index (χ3v) is 4.11. The van der Waals surface area contributed by atoms with E-state index in [2.05, 4.69) is 10.6 Å². The maximum atomic E-state index is 11.9. The lowest BCUT2D eigenvalue weighted by atomic mass is 10.0. The van der Waals surface area contributed by atoms with Crippen LogP contribution in [0.5, 0.6) is 0 Å². The van der Waals surface area contributed by atoms with Gasteiger partial charge in [-0.2, -0.15) is 0 Å². The van der Waals surface area contributed by atoms with E-state index in [-0.39, 0.29) is 17.9 Å². The highest BCUT2D eigenvalue weighted by atomic mass is 35.5. The van der Waals surface area contributed by atoms with Crippen molar-refractivity contribution in [1.29, 1.82) is 0 Å². The van der Waals surface area contributed by atoms with Crippen molar-refractivity contribution in [3.05, 3.63) is 33.8 Å². The van der Waals surface area contributed by atoms with E-state index in [0.29, 0.717) is 16.6 Å². The molecule has 0 saturated carbocycles. The lowest BCUT2D eigenvalue weighted by Gasteiger charge is -2.18. The molecule has 1 aromatic rings. The first-order valence-electron chi connectivity index (χ1n) is 6.54. The number of carbonyl (C=O) groups excluding carboxylic acids is 1. The second-order valence-corrected chi connectivity index (χ2v) is 5.74. The molecule has 1 heterocycles. The zero-order chi connectivity index (χ0) is 13.8. The third-order valence-electron chi connectivity index (χ3n) is 3.45. The Kier molecular flexibility index (Phi) is 5.08. The number of rotatable bonds is 4. The molecule has 2 unspecified atom stereocenters. The van der Waals surface area contributed by atoms with Gasteiger partial charge in [-0.05, 0) is 37.1 Å². The van der Waals surface area contributed by atoms with Crippen LogP contribution < -0.4 is 10.6 Å². The van der Waals surface area contributed by atoms with Gasteiger partial charge in [0.25, 0.3) is 0 Å². The predicted octanol–water partition coefficient (Wildman–Crippen LogP) is 2.97. The second-order valence-electron chi connectivity index (χ2n) is 4.93. The molecule has 2 atom stereocenters. The van der Waals surface area contributed by atoms with Gasteiger partial charge in [-0.1, -0.05) is 36.2 Å². The normalized spacial score (nSPS) is 20.3. The van der Waals surface area contributed by atoms with E-state index in [1.54, 1.807) is 0 Å². The molecule has 0 aromatic heterocycles. The first kappa shape index (κ1) is 14.6. The number of benzene rings is 1. The third kappa shape index (κ3) is 3.62. The molecule has 2 N–H and O–H groups in total. The van der Waals surface area contributed by atoms with E-state index in [0.717, 1.165) is 24.9 Å². The summed E-state index contributed by atoms with van der Waals surface area (Å²) in [7, 11) is 0. The minimum absolute atomic E-state index is 0.0473. The van der Waals surface area contributed by atoms with E-state index in [4.69, 9.17) is 23.2 Å². The molecular formula is C14H18Cl2N2O. The number of hydrogen-bond donors (Lipinski definition) is 2. The standard InChI is InChI=1S/C14H18Cl2N2O/c1-9(13-10(15)4-2-5-11(13)16)8-18-14(19)12-6-3-7-17-12/h2,4-5,9,12,17H,3,6-8H2,1H3,(H,18,19). The van der Waals surface area contributed by atoms with Gasteiger partial charge in [-0.25, -0.2) is 0 Å². The van der Waals surface area contributed by atoms with Crippen LogP contribution in [0.1, 0.15) is 31.2 Å². The van der Waals surface area contributed by atoms with E-state index in [9.17, 15) is 4.79 Å². The fourth-order valence-electron chi connectivity index (χ4n) is 2.37. The summed E-state index contributed by atoms with van der Waals surface area (Å²) in [6.45, 7) is 3.47. The van der Waals surface area contributed by atoms with Crippen molar-refractivity contribution in [3.8, 4) is 0 Å². The molecule has 0 spiro atoms.